The highest BCUT2D eigenvalue weighted by molar-refractivity contribution is 6.31. The molecule has 0 saturated carbocycles. The van der Waals surface area contributed by atoms with Gasteiger partial charge in [0.2, 0.25) is 0 Å². The molecule has 0 heterocycles. The summed E-state index contributed by atoms with van der Waals surface area (Å²) in [6.45, 7) is -3.66. The first kappa shape index (κ1) is 24.1. The molecule has 0 N–H and O–H groups in total. The minimum Gasteiger partial charge on any atom is -0.493 e. The van der Waals surface area contributed by atoms with E-state index in [1.54, 1.807) is 0 Å². The number of carbonyl (C=O) groups is 2. The van der Waals surface area contributed by atoms with Crippen molar-refractivity contribution in [1.29, 1.82) is 0 Å². The summed E-state index contributed by atoms with van der Waals surface area (Å²) in [7, 11) is 2.70. The fourth-order valence-electron chi connectivity index (χ4n) is 2.45. The van der Waals surface area contributed by atoms with Gasteiger partial charge in [-0.25, -0.2) is 9.18 Å². The summed E-state index contributed by atoms with van der Waals surface area (Å²) >= 11 is 5.93. The highest BCUT2D eigenvalue weighted by Crippen LogP contribution is 2.29. The number of hydrogen-bond acceptors (Lipinski definition) is 5. The van der Waals surface area contributed by atoms with E-state index in [0.29, 0.717) is 5.56 Å². The molecule has 2 aromatic carbocycles. The van der Waals surface area contributed by atoms with Gasteiger partial charge in [0.1, 0.15) is 5.82 Å². The molecule has 2 rings (SSSR count). The lowest BCUT2D eigenvalue weighted by Gasteiger charge is -2.18. The highest BCUT2D eigenvalue weighted by Gasteiger charge is 2.16. The Kier molecular flexibility index (Phi) is 8.75. The van der Waals surface area contributed by atoms with Crippen LogP contribution in [0.2, 0.25) is 5.02 Å². The first-order valence-corrected chi connectivity index (χ1v) is 9.23. The van der Waals surface area contributed by atoms with Crippen molar-refractivity contribution in [1.82, 2.24) is 4.90 Å². The molecule has 1 amide bonds. The number of methoxy groups -OCH3 is 1. The number of carbonyl (C=O) groups excluding carboxylic acids is 2. The van der Waals surface area contributed by atoms with Crippen LogP contribution in [0.4, 0.5) is 13.2 Å². The van der Waals surface area contributed by atoms with E-state index in [2.05, 4.69) is 4.74 Å². The zero-order valence-electron chi connectivity index (χ0n) is 16.6. The summed E-state index contributed by atoms with van der Waals surface area (Å²) in [5.74, 6) is -2.01. The monoisotopic (exact) mass is 457 g/mol. The van der Waals surface area contributed by atoms with Crippen LogP contribution < -0.4 is 9.47 Å². The Hall–Kier alpha value is -3.20. The van der Waals surface area contributed by atoms with E-state index in [1.165, 1.54) is 61.5 Å². The van der Waals surface area contributed by atoms with E-state index in [9.17, 15) is 22.8 Å². The smallest absolute Gasteiger partial charge is 0.387 e. The number of alkyl halides is 2. The third kappa shape index (κ3) is 7.21. The normalized spacial score (nSPS) is 10.9. The Balaban J connectivity index is 1.91. The standard InChI is InChI=1S/C21H19ClF3NO5/c1-26(11-14-15(22)4-3-5-16(14)23)19(27)12-30-20(28)9-7-13-6-8-17(31-21(24)25)18(10-13)29-2/h3-10,21H,11-12H2,1-2H3/b9-7+. The lowest BCUT2D eigenvalue weighted by Crippen LogP contribution is -2.31. The van der Waals surface area contributed by atoms with Gasteiger partial charge in [0, 0.05) is 30.3 Å². The van der Waals surface area contributed by atoms with Crippen LogP contribution in [-0.2, 0) is 20.9 Å². The third-order valence-corrected chi connectivity index (χ3v) is 4.39. The molecule has 0 radical (unpaired) electrons. The molecular weight excluding hydrogens is 439 g/mol. The largest absolute Gasteiger partial charge is 0.493 e. The topological polar surface area (TPSA) is 65.1 Å². The van der Waals surface area contributed by atoms with Crippen molar-refractivity contribution in [2.45, 2.75) is 13.2 Å². The molecule has 0 aliphatic heterocycles. The highest BCUT2D eigenvalue weighted by atomic mass is 35.5. The summed E-state index contributed by atoms with van der Waals surface area (Å²) in [4.78, 5) is 25.2. The van der Waals surface area contributed by atoms with Crippen LogP contribution in [-0.4, -0.2) is 44.2 Å². The Labute approximate surface area is 181 Å². The third-order valence-electron chi connectivity index (χ3n) is 4.04. The van der Waals surface area contributed by atoms with Gasteiger partial charge < -0.3 is 19.1 Å². The van der Waals surface area contributed by atoms with Crippen LogP contribution in [0.15, 0.2) is 42.5 Å². The first-order valence-electron chi connectivity index (χ1n) is 8.85. The van der Waals surface area contributed by atoms with Crippen molar-refractivity contribution < 1.29 is 37.0 Å². The predicted molar refractivity (Wildman–Crippen MR) is 108 cm³/mol. The van der Waals surface area contributed by atoms with Gasteiger partial charge in [0.15, 0.2) is 18.1 Å². The quantitative estimate of drug-likeness (QED) is 0.415. The molecule has 2 aromatic rings. The van der Waals surface area contributed by atoms with Gasteiger partial charge in [0.25, 0.3) is 5.91 Å². The Morgan fingerprint density at radius 3 is 2.58 bits per heavy atom. The summed E-state index contributed by atoms with van der Waals surface area (Å²) in [5, 5.41) is 0.181. The van der Waals surface area contributed by atoms with Crippen molar-refractivity contribution in [3.05, 3.63) is 64.4 Å². The Bertz CT molecular complexity index is 948. The lowest BCUT2D eigenvalue weighted by molar-refractivity contribution is -0.147. The van der Waals surface area contributed by atoms with E-state index in [1.807, 2.05) is 0 Å². The number of amides is 1. The van der Waals surface area contributed by atoms with Crippen LogP contribution >= 0.6 is 11.6 Å². The van der Waals surface area contributed by atoms with Gasteiger partial charge in [-0.2, -0.15) is 8.78 Å². The molecule has 0 atom stereocenters. The zero-order valence-corrected chi connectivity index (χ0v) is 17.4. The first-order chi connectivity index (χ1) is 14.7. The number of likely N-dealkylation sites (N-methyl/N-ethyl adjacent to an activating group) is 1. The summed E-state index contributed by atoms with van der Waals surface area (Å²) in [6, 6.07) is 8.27. The second-order valence-electron chi connectivity index (χ2n) is 6.18. The van der Waals surface area contributed by atoms with Gasteiger partial charge in [-0.15, -0.1) is 0 Å². The van der Waals surface area contributed by atoms with Crippen LogP contribution in [0.5, 0.6) is 11.5 Å². The number of ether oxygens (including phenoxy) is 3. The average molecular weight is 458 g/mol. The Morgan fingerprint density at radius 2 is 1.94 bits per heavy atom. The van der Waals surface area contributed by atoms with E-state index in [0.717, 1.165) is 6.08 Å². The predicted octanol–water partition coefficient (Wildman–Crippen LogP) is 4.30. The van der Waals surface area contributed by atoms with E-state index < -0.39 is 30.9 Å². The maximum absolute atomic E-state index is 13.8. The van der Waals surface area contributed by atoms with E-state index >= 15 is 0 Å². The number of nitrogens with zero attached hydrogens (tertiary/aromatic N) is 1. The summed E-state index contributed by atoms with van der Waals surface area (Å²) in [5.41, 5.74) is 0.604. The molecule has 0 spiro atoms. The number of hydrogen-bond donors (Lipinski definition) is 0. The molecule has 0 aromatic heterocycles. The van der Waals surface area contributed by atoms with Gasteiger partial charge in [0.05, 0.1) is 7.11 Å². The minimum absolute atomic E-state index is 0.0550. The SMILES string of the molecule is COc1cc(/C=C/C(=O)OCC(=O)N(C)Cc2c(F)cccc2Cl)ccc1OC(F)F. The fraction of sp³-hybridized carbons (Fsp3) is 0.238. The maximum atomic E-state index is 13.8. The number of rotatable bonds is 9. The Morgan fingerprint density at radius 1 is 1.19 bits per heavy atom. The second-order valence-corrected chi connectivity index (χ2v) is 6.59. The van der Waals surface area contributed by atoms with Gasteiger partial charge in [-0.3, -0.25) is 4.79 Å². The maximum Gasteiger partial charge on any atom is 0.387 e. The van der Waals surface area contributed by atoms with Crippen LogP contribution in [0.1, 0.15) is 11.1 Å². The zero-order chi connectivity index (χ0) is 23.0. The van der Waals surface area contributed by atoms with Crippen molar-refractivity contribution in [3.8, 4) is 11.5 Å². The molecule has 31 heavy (non-hydrogen) atoms. The van der Waals surface area contributed by atoms with Crippen molar-refractivity contribution in [3.63, 3.8) is 0 Å². The molecule has 6 nitrogen and oxygen atoms in total. The van der Waals surface area contributed by atoms with Crippen LogP contribution in [0.25, 0.3) is 6.08 Å². The molecular formula is C21H19ClF3NO5. The molecule has 0 fully saturated rings. The molecule has 0 bridgehead atoms. The molecule has 10 heteroatoms. The molecule has 0 unspecified atom stereocenters. The molecule has 166 valence electrons. The van der Waals surface area contributed by atoms with Crippen molar-refractivity contribution in [2.75, 3.05) is 20.8 Å². The van der Waals surface area contributed by atoms with Gasteiger partial charge in [-0.05, 0) is 35.9 Å². The van der Waals surface area contributed by atoms with Gasteiger partial charge >= 0.3 is 12.6 Å². The summed E-state index contributed by atoms with van der Waals surface area (Å²) in [6.07, 6.45) is 2.41. The van der Waals surface area contributed by atoms with Crippen molar-refractivity contribution >= 4 is 29.6 Å². The molecule has 0 saturated heterocycles. The van der Waals surface area contributed by atoms with E-state index in [-0.39, 0.29) is 28.6 Å². The average Bonchev–Trinajstić information content (AvgIpc) is 2.73. The van der Waals surface area contributed by atoms with Crippen LogP contribution in [0.3, 0.4) is 0 Å². The number of halogens is 4. The summed E-state index contributed by atoms with van der Waals surface area (Å²) < 4.78 is 52.7. The van der Waals surface area contributed by atoms with Crippen LogP contribution in [0, 0.1) is 5.82 Å². The van der Waals surface area contributed by atoms with Gasteiger partial charge in [-0.1, -0.05) is 23.7 Å². The number of benzene rings is 2. The lowest BCUT2D eigenvalue weighted by atomic mass is 10.2. The molecule has 0 aliphatic rings. The van der Waals surface area contributed by atoms with Crippen molar-refractivity contribution in [2.24, 2.45) is 0 Å². The minimum atomic E-state index is -3.00. The second kappa shape index (κ2) is 11.3. The van der Waals surface area contributed by atoms with E-state index in [4.69, 9.17) is 21.1 Å². The fourth-order valence-corrected chi connectivity index (χ4v) is 2.67. The molecule has 0 aliphatic carbocycles. The number of esters is 1.